The number of fused-ring (bicyclic) bond motifs is 4. The van der Waals surface area contributed by atoms with Crippen LogP contribution in [0, 0.1) is 0 Å². The van der Waals surface area contributed by atoms with Crippen LogP contribution in [0.25, 0.3) is 33.1 Å². The van der Waals surface area contributed by atoms with E-state index in [4.69, 9.17) is 11.6 Å². The van der Waals surface area contributed by atoms with Gasteiger partial charge in [-0.15, -0.1) is 11.6 Å². The molecule has 0 bridgehead atoms. The largest absolute Gasteiger partial charge is 0.384 e. The highest BCUT2D eigenvalue weighted by atomic mass is 35.5. The monoisotopic (exact) mass is 360 g/mol. The molecule has 6 heteroatoms. The molecule has 126 valence electrons. The molecule has 1 aromatic carbocycles. The molecular weight excluding hydrogens is 348 g/mol. The number of anilines is 1. The van der Waals surface area contributed by atoms with E-state index in [0.717, 1.165) is 27.4 Å². The quantitative estimate of drug-likeness (QED) is 0.388. The van der Waals surface area contributed by atoms with Crippen molar-refractivity contribution < 1.29 is 4.79 Å². The van der Waals surface area contributed by atoms with Crippen molar-refractivity contribution in [1.82, 2.24) is 15.0 Å². The van der Waals surface area contributed by atoms with Crippen molar-refractivity contribution in [1.29, 1.82) is 0 Å². The summed E-state index contributed by atoms with van der Waals surface area (Å²) in [4.78, 5) is 26.6. The number of carbonyl (C=O) groups excluding carboxylic acids is 1. The van der Waals surface area contributed by atoms with Crippen LogP contribution in [0.4, 0.5) is 5.69 Å². The zero-order valence-electron chi connectivity index (χ0n) is 13.7. The van der Waals surface area contributed by atoms with Gasteiger partial charge in [0, 0.05) is 41.3 Å². The number of carbonyl (C=O) groups is 1. The smallest absolute Gasteiger partial charge is 0.214 e. The van der Waals surface area contributed by atoms with E-state index < -0.39 is 0 Å². The normalized spacial score (nSPS) is 12.4. The Kier molecular flexibility index (Phi) is 3.36. The third-order valence-corrected chi connectivity index (χ3v) is 4.81. The third-order valence-electron chi connectivity index (χ3n) is 4.62. The predicted molar refractivity (Wildman–Crippen MR) is 103 cm³/mol. The number of nitrogens with zero attached hydrogens (tertiary/aromatic N) is 3. The number of aromatic nitrogens is 3. The Morgan fingerprint density at radius 3 is 2.73 bits per heavy atom. The van der Waals surface area contributed by atoms with E-state index in [9.17, 15) is 4.79 Å². The van der Waals surface area contributed by atoms with E-state index in [1.807, 2.05) is 24.3 Å². The van der Waals surface area contributed by atoms with Gasteiger partial charge in [0.1, 0.15) is 11.4 Å². The number of pyridine rings is 3. The van der Waals surface area contributed by atoms with Gasteiger partial charge in [0.25, 0.3) is 0 Å². The Balaban J connectivity index is 1.87. The standard InChI is InChI=1S/C20H13ClN4O/c21-6-9-22-11-3-4-15-14(10-11)12-5-8-24-18-16(12)19(25-15)20(26)13-2-1-7-23-17(13)18/h1-5,7-8,10,22H,6,9H2. The van der Waals surface area contributed by atoms with E-state index >= 15 is 0 Å². The highest BCUT2D eigenvalue weighted by Crippen LogP contribution is 2.38. The average molecular weight is 361 g/mol. The van der Waals surface area contributed by atoms with Crippen molar-refractivity contribution in [3.05, 3.63) is 60.0 Å². The first-order chi connectivity index (χ1) is 12.8. The van der Waals surface area contributed by atoms with E-state index in [-0.39, 0.29) is 5.78 Å². The number of halogens is 1. The molecule has 0 atom stereocenters. The fourth-order valence-electron chi connectivity index (χ4n) is 3.50. The summed E-state index contributed by atoms with van der Waals surface area (Å²) < 4.78 is 0. The van der Waals surface area contributed by atoms with Crippen molar-refractivity contribution in [2.45, 2.75) is 0 Å². The van der Waals surface area contributed by atoms with E-state index in [1.54, 1.807) is 24.5 Å². The lowest BCUT2D eigenvalue weighted by molar-refractivity contribution is 0.103. The van der Waals surface area contributed by atoms with Gasteiger partial charge in [-0.05, 0) is 41.8 Å². The minimum absolute atomic E-state index is 0.107. The Labute approximate surface area is 154 Å². The third kappa shape index (κ3) is 2.10. The van der Waals surface area contributed by atoms with Crippen LogP contribution in [0.1, 0.15) is 16.1 Å². The summed E-state index contributed by atoms with van der Waals surface area (Å²) >= 11 is 5.77. The molecule has 3 aromatic heterocycles. The van der Waals surface area contributed by atoms with Crippen molar-refractivity contribution in [3.8, 4) is 11.4 Å². The Bertz CT molecular complexity index is 1210. The first kappa shape index (κ1) is 15.2. The summed E-state index contributed by atoms with van der Waals surface area (Å²) in [6, 6.07) is 11.4. The summed E-state index contributed by atoms with van der Waals surface area (Å²) in [5.74, 6) is 0.422. The van der Waals surface area contributed by atoms with Gasteiger partial charge in [-0.2, -0.15) is 0 Å². The lowest BCUT2D eigenvalue weighted by Gasteiger charge is -2.18. The van der Waals surface area contributed by atoms with Gasteiger partial charge in [0.2, 0.25) is 5.78 Å². The number of rotatable bonds is 3. The molecule has 0 radical (unpaired) electrons. The topological polar surface area (TPSA) is 67.8 Å². The highest BCUT2D eigenvalue weighted by Gasteiger charge is 2.29. The SMILES string of the molecule is O=C1c2cccnc2-c2nccc3c2c1nc1ccc(NCCCl)cc13. The van der Waals surface area contributed by atoms with Crippen LogP contribution in [-0.4, -0.2) is 33.2 Å². The van der Waals surface area contributed by atoms with Crippen LogP contribution >= 0.6 is 11.6 Å². The fraction of sp³-hybridized carbons (Fsp3) is 0.100. The van der Waals surface area contributed by atoms with Crippen molar-refractivity contribution in [2.24, 2.45) is 0 Å². The molecular formula is C20H13ClN4O. The number of hydrogen-bond acceptors (Lipinski definition) is 5. The maximum Gasteiger partial charge on any atom is 0.214 e. The van der Waals surface area contributed by atoms with Crippen LogP contribution in [-0.2, 0) is 0 Å². The molecule has 1 N–H and O–H groups in total. The summed E-state index contributed by atoms with van der Waals surface area (Å²) in [5.41, 5.74) is 4.07. The molecule has 0 amide bonds. The number of hydrogen-bond donors (Lipinski definition) is 1. The molecule has 1 aliphatic carbocycles. The van der Waals surface area contributed by atoms with Gasteiger partial charge in [0.15, 0.2) is 0 Å². The number of alkyl halides is 1. The van der Waals surface area contributed by atoms with E-state index in [0.29, 0.717) is 35.1 Å². The summed E-state index contributed by atoms with van der Waals surface area (Å²) in [7, 11) is 0. The second kappa shape index (κ2) is 5.75. The zero-order valence-corrected chi connectivity index (χ0v) is 14.4. The first-order valence-corrected chi connectivity index (χ1v) is 8.84. The van der Waals surface area contributed by atoms with Gasteiger partial charge < -0.3 is 5.32 Å². The first-order valence-electron chi connectivity index (χ1n) is 8.30. The van der Waals surface area contributed by atoms with Gasteiger partial charge in [-0.1, -0.05) is 0 Å². The van der Waals surface area contributed by atoms with Gasteiger partial charge in [0.05, 0.1) is 16.8 Å². The molecule has 1 aliphatic rings. The Hall–Kier alpha value is -3.05. The molecule has 0 unspecified atom stereocenters. The summed E-state index contributed by atoms with van der Waals surface area (Å²) in [6.45, 7) is 0.680. The lowest BCUT2D eigenvalue weighted by Crippen LogP contribution is -2.14. The van der Waals surface area contributed by atoms with Gasteiger partial charge in [-0.25, -0.2) is 4.98 Å². The van der Waals surface area contributed by atoms with Crippen molar-refractivity contribution in [2.75, 3.05) is 17.7 Å². The van der Waals surface area contributed by atoms with Crippen molar-refractivity contribution >= 4 is 44.7 Å². The number of nitrogens with one attached hydrogen (secondary N) is 1. The molecule has 0 saturated heterocycles. The van der Waals surface area contributed by atoms with Crippen LogP contribution in [0.5, 0.6) is 0 Å². The van der Waals surface area contributed by atoms with E-state index in [2.05, 4.69) is 20.3 Å². The molecule has 0 fully saturated rings. The fourth-order valence-corrected chi connectivity index (χ4v) is 3.60. The van der Waals surface area contributed by atoms with Crippen LogP contribution in [0.2, 0.25) is 0 Å². The summed E-state index contributed by atoms with van der Waals surface area (Å²) in [5, 5.41) is 5.97. The van der Waals surface area contributed by atoms with Crippen LogP contribution in [0.15, 0.2) is 48.8 Å². The van der Waals surface area contributed by atoms with Crippen LogP contribution in [0.3, 0.4) is 0 Å². The van der Waals surface area contributed by atoms with Gasteiger partial charge in [-0.3, -0.25) is 14.8 Å². The minimum atomic E-state index is -0.107. The van der Waals surface area contributed by atoms with Crippen molar-refractivity contribution in [3.63, 3.8) is 0 Å². The maximum absolute atomic E-state index is 13.0. The molecule has 0 aliphatic heterocycles. The molecule has 0 spiro atoms. The minimum Gasteiger partial charge on any atom is -0.384 e. The maximum atomic E-state index is 13.0. The lowest BCUT2D eigenvalue weighted by atomic mass is 9.90. The molecule has 0 saturated carbocycles. The molecule has 5 nitrogen and oxygen atoms in total. The Morgan fingerprint density at radius 1 is 0.962 bits per heavy atom. The molecule has 3 heterocycles. The average Bonchev–Trinajstić information content (AvgIpc) is 2.70. The molecule has 26 heavy (non-hydrogen) atoms. The second-order valence-electron chi connectivity index (χ2n) is 6.12. The van der Waals surface area contributed by atoms with Gasteiger partial charge >= 0.3 is 0 Å². The number of ketones is 1. The zero-order chi connectivity index (χ0) is 17.7. The van der Waals surface area contributed by atoms with E-state index in [1.165, 1.54) is 0 Å². The Morgan fingerprint density at radius 2 is 1.85 bits per heavy atom. The van der Waals surface area contributed by atoms with Crippen LogP contribution < -0.4 is 5.32 Å². The predicted octanol–water partition coefficient (Wildman–Crippen LogP) is 4.04. The highest BCUT2D eigenvalue weighted by molar-refractivity contribution is 6.27. The molecule has 5 rings (SSSR count). The summed E-state index contributed by atoms with van der Waals surface area (Å²) in [6.07, 6.45) is 3.44. The second-order valence-corrected chi connectivity index (χ2v) is 6.50. The molecule has 4 aromatic rings. The number of benzene rings is 1.